The first-order valence-electron chi connectivity index (χ1n) is 7.94. The first-order chi connectivity index (χ1) is 11.1. The van der Waals surface area contributed by atoms with E-state index in [1.807, 2.05) is 0 Å². The monoisotopic (exact) mass is 391 g/mol. The van der Waals surface area contributed by atoms with Crippen molar-refractivity contribution in [1.29, 1.82) is 0 Å². The zero-order chi connectivity index (χ0) is 16.0. The largest absolute Gasteiger partial charge is 0.369 e. The van der Waals surface area contributed by atoms with Gasteiger partial charge in [-0.3, -0.25) is 4.90 Å². The summed E-state index contributed by atoms with van der Waals surface area (Å²) >= 11 is 9.99. The molecule has 2 aromatic rings. The highest BCUT2D eigenvalue weighted by atomic mass is 79.9. The fourth-order valence-electron chi connectivity index (χ4n) is 3.92. The molecule has 0 amide bonds. The minimum atomic E-state index is -0.126. The number of nitrogens with zero attached hydrogens (tertiary/aromatic N) is 1. The molecule has 4 heteroatoms. The molecule has 0 saturated carbocycles. The van der Waals surface area contributed by atoms with Gasteiger partial charge in [-0.25, -0.2) is 0 Å². The molecule has 2 aromatic carbocycles. The van der Waals surface area contributed by atoms with Gasteiger partial charge in [0.05, 0.1) is 17.2 Å². The predicted molar refractivity (Wildman–Crippen MR) is 96.8 cm³/mol. The Morgan fingerprint density at radius 2 is 2.04 bits per heavy atom. The minimum Gasteiger partial charge on any atom is -0.369 e. The van der Waals surface area contributed by atoms with Gasteiger partial charge in [-0.15, -0.1) is 0 Å². The smallest absolute Gasteiger partial charge is 0.0866 e. The standard InChI is InChI=1S/C19H19BrClNO/c1-19-12-22(9-13-5-3-2-4-6-13)10-16(19)14-7-8-17(20)18(21)15(14)11-23-19/h2-8,16H,9-12H2,1H3/t16-,19+/m0/s1. The zero-order valence-electron chi connectivity index (χ0n) is 13.1. The van der Waals surface area contributed by atoms with Crippen LogP contribution in [0.2, 0.25) is 5.02 Å². The Morgan fingerprint density at radius 1 is 1.26 bits per heavy atom. The summed E-state index contributed by atoms with van der Waals surface area (Å²) in [4.78, 5) is 2.49. The lowest BCUT2D eigenvalue weighted by atomic mass is 9.81. The molecule has 0 bridgehead atoms. The van der Waals surface area contributed by atoms with Crippen LogP contribution < -0.4 is 0 Å². The number of hydrogen-bond donors (Lipinski definition) is 0. The first kappa shape index (κ1) is 15.6. The maximum Gasteiger partial charge on any atom is 0.0866 e. The Hall–Kier alpha value is -0.870. The molecule has 2 aliphatic heterocycles. The highest BCUT2D eigenvalue weighted by Crippen LogP contribution is 2.47. The van der Waals surface area contributed by atoms with E-state index in [2.05, 4.69) is 70.2 Å². The van der Waals surface area contributed by atoms with Crippen molar-refractivity contribution in [2.75, 3.05) is 13.1 Å². The molecule has 0 aromatic heterocycles. The van der Waals surface area contributed by atoms with Crippen molar-refractivity contribution in [3.05, 3.63) is 68.7 Å². The van der Waals surface area contributed by atoms with Crippen LogP contribution in [0.3, 0.4) is 0 Å². The highest BCUT2D eigenvalue weighted by Gasteiger charge is 2.48. The van der Waals surface area contributed by atoms with E-state index in [1.165, 1.54) is 11.1 Å². The van der Waals surface area contributed by atoms with Crippen LogP contribution in [0, 0.1) is 0 Å². The zero-order valence-corrected chi connectivity index (χ0v) is 15.4. The molecule has 2 nitrogen and oxygen atoms in total. The fourth-order valence-corrected chi connectivity index (χ4v) is 4.52. The fraction of sp³-hybridized carbons (Fsp3) is 0.368. The predicted octanol–water partition coefficient (Wildman–Crippen LogP) is 4.99. The van der Waals surface area contributed by atoms with Gasteiger partial charge in [-0.05, 0) is 40.0 Å². The maximum absolute atomic E-state index is 6.47. The number of halogens is 2. The van der Waals surface area contributed by atoms with Gasteiger partial charge < -0.3 is 4.74 Å². The number of rotatable bonds is 2. The Morgan fingerprint density at radius 3 is 2.83 bits per heavy atom. The van der Waals surface area contributed by atoms with E-state index in [1.54, 1.807) is 0 Å². The van der Waals surface area contributed by atoms with Crippen molar-refractivity contribution in [2.45, 2.75) is 31.6 Å². The molecule has 2 aliphatic rings. The maximum atomic E-state index is 6.47. The number of hydrogen-bond acceptors (Lipinski definition) is 2. The van der Waals surface area contributed by atoms with Crippen molar-refractivity contribution in [1.82, 2.24) is 4.90 Å². The Bertz CT molecular complexity index is 736. The quantitative estimate of drug-likeness (QED) is 0.714. The third kappa shape index (κ3) is 2.74. The molecular formula is C19H19BrClNO. The van der Waals surface area contributed by atoms with Gasteiger partial charge in [-0.2, -0.15) is 0 Å². The van der Waals surface area contributed by atoms with Crippen LogP contribution in [0.4, 0.5) is 0 Å². The third-order valence-electron chi connectivity index (χ3n) is 5.12. The Balaban J connectivity index is 1.63. The molecule has 0 spiro atoms. The van der Waals surface area contributed by atoms with Crippen LogP contribution >= 0.6 is 27.5 Å². The summed E-state index contributed by atoms with van der Waals surface area (Å²) in [6.07, 6.45) is 0. The van der Waals surface area contributed by atoms with Crippen LogP contribution in [-0.2, 0) is 17.9 Å². The van der Waals surface area contributed by atoms with Gasteiger partial charge in [0, 0.05) is 35.6 Å². The van der Waals surface area contributed by atoms with Gasteiger partial charge in [-0.1, -0.05) is 48.0 Å². The second kappa shape index (κ2) is 5.89. The van der Waals surface area contributed by atoms with Crippen molar-refractivity contribution < 1.29 is 4.74 Å². The molecule has 2 heterocycles. The van der Waals surface area contributed by atoms with Gasteiger partial charge in [0.15, 0.2) is 0 Å². The van der Waals surface area contributed by atoms with E-state index in [4.69, 9.17) is 16.3 Å². The SMILES string of the molecule is C[C@@]12CN(Cc3ccccc3)C[C@H]1c1ccc(Br)c(Cl)c1CO2. The van der Waals surface area contributed by atoms with Gasteiger partial charge in [0.25, 0.3) is 0 Å². The van der Waals surface area contributed by atoms with E-state index in [0.29, 0.717) is 12.5 Å². The molecule has 4 rings (SSSR count). The van der Waals surface area contributed by atoms with Crippen LogP contribution in [0.5, 0.6) is 0 Å². The molecule has 2 atom stereocenters. The average molecular weight is 393 g/mol. The number of fused-ring (bicyclic) bond motifs is 3. The first-order valence-corrected chi connectivity index (χ1v) is 9.11. The third-order valence-corrected chi connectivity index (χ3v) is 6.44. The van der Waals surface area contributed by atoms with Crippen molar-refractivity contribution in [3.8, 4) is 0 Å². The summed E-state index contributed by atoms with van der Waals surface area (Å²) in [5.74, 6) is 0.376. The Labute approximate surface area is 150 Å². The van der Waals surface area contributed by atoms with Crippen molar-refractivity contribution in [3.63, 3.8) is 0 Å². The molecule has 23 heavy (non-hydrogen) atoms. The second-order valence-electron chi connectivity index (χ2n) is 6.74. The topological polar surface area (TPSA) is 12.5 Å². The minimum absolute atomic E-state index is 0.126. The molecule has 0 unspecified atom stereocenters. The van der Waals surface area contributed by atoms with E-state index >= 15 is 0 Å². The van der Waals surface area contributed by atoms with Crippen LogP contribution in [0.25, 0.3) is 0 Å². The van der Waals surface area contributed by atoms with Gasteiger partial charge in [0.1, 0.15) is 0 Å². The van der Waals surface area contributed by atoms with Crippen molar-refractivity contribution in [2.24, 2.45) is 0 Å². The summed E-state index contributed by atoms with van der Waals surface area (Å²) in [6, 6.07) is 14.9. The van der Waals surface area contributed by atoms with E-state index in [-0.39, 0.29) is 5.60 Å². The van der Waals surface area contributed by atoms with E-state index in [9.17, 15) is 0 Å². The summed E-state index contributed by atoms with van der Waals surface area (Å²) in [5.41, 5.74) is 3.72. The Kier molecular flexibility index (Phi) is 4.01. The summed E-state index contributed by atoms with van der Waals surface area (Å²) in [6.45, 7) is 5.77. The normalized spacial score (nSPS) is 26.8. The molecular weight excluding hydrogens is 374 g/mol. The highest BCUT2D eigenvalue weighted by molar-refractivity contribution is 9.10. The van der Waals surface area contributed by atoms with Crippen molar-refractivity contribution >= 4 is 27.5 Å². The molecule has 120 valence electrons. The number of benzene rings is 2. The number of ether oxygens (including phenoxy) is 1. The van der Waals surface area contributed by atoms with Crippen LogP contribution in [0.1, 0.15) is 29.5 Å². The lowest BCUT2D eigenvalue weighted by Gasteiger charge is -2.37. The summed E-state index contributed by atoms with van der Waals surface area (Å²) < 4.78 is 7.22. The summed E-state index contributed by atoms with van der Waals surface area (Å²) in [7, 11) is 0. The molecule has 1 fully saturated rings. The molecule has 0 radical (unpaired) electrons. The lowest BCUT2D eigenvalue weighted by molar-refractivity contribution is -0.0567. The molecule has 0 N–H and O–H groups in total. The van der Waals surface area contributed by atoms with Gasteiger partial charge in [0.2, 0.25) is 0 Å². The second-order valence-corrected chi connectivity index (χ2v) is 7.97. The lowest BCUT2D eigenvalue weighted by Crippen LogP contribution is -2.40. The molecule has 0 aliphatic carbocycles. The number of likely N-dealkylation sites (tertiary alicyclic amines) is 1. The van der Waals surface area contributed by atoms with E-state index in [0.717, 1.165) is 34.7 Å². The van der Waals surface area contributed by atoms with Gasteiger partial charge >= 0.3 is 0 Å². The van der Waals surface area contributed by atoms with Crippen LogP contribution in [0.15, 0.2) is 46.9 Å². The average Bonchev–Trinajstić information content (AvgIpc) is 2.88. The van der Waals surface area contributed by atoms with E-state index < -0.39 is 0 Å². The molecule has 1 saturated heterocycles. The van der Waals surface area contributed by atoms with Crippen LogP contribution in [-0.4, -0.2) is 23.6 Å². The summed E-state index contributed by atoms with van der Waals surface area (Å²) in [5, 5.41) is 0.797.